The van der Waals surface area contributed by atoms with Gasteiger partial charge in [0.2, 0.25) is 11.8 Å². The van der Waals surface area contributed by atoms with Gasteiger partial charge in [-0.05, 0) is 34.5 Å². The SMILES string of the molecule is COc1cccc(N2CC(C(=O)NCc3ccsc3)CC2=O)c1. The van der Waals surface area contributed by atoms with Crippen LogP contribution in [0.3, 0.4) is 0 Å². The molecule has 0 radical (unpaired) electrons. The van der Waals surface area contributed by atoms with Gasteiger partial charge in [0, 0.05) is 31.3 Å². The first-order valence-corrected chi connectivity index (χ1v) is 8.35. The van der Waals surface area contributed by atoms with Gasteiger partial charge in [-0.15, -0.1) is 0 Å². The number of methoxy groups -OCH3 is 1. The number of amides is 2. The molecule has 1 aromatic carbocycles. The highest BCUT2D eigenvalue weighted by Gasteiger charge is 2.35. The molecule has 3 rings (SSSR count). The maximum Gasteiger partial charge on any atom is 0.227 e. The van der Waals surface area contributed by atoms with Crippen LogP contribution >= 0.6 is 11.3 Å². The van der Waals surface area contributed by atoms with Crippen LogP contribution in [-0.4, -0.2) is 25.5 Å². The van der Waals surface area contributed by atoms with Crippen LogP contribution in [0.15, 0.2) is 41.1 Å². The molecule has 1 aromatic heterocycles. The maximum absolute atomic E-state index is 12.3. The molecule has 23 heavy (non-hydrogen) atoms. The van der Waals surface area contributed by atoms with Crippen molar-refractivity contribution >= 4 is 28.8 Å². The predicted octanol–water partition coefficient (Wildman–Crippen LogP) is 2.43. The Kier molecular flexibility index (Phi) is 4.62. The average Bonchev–Trinajstić information content (AvgIpc) is 3.22. The highest BCUT2D eigenvalue weighted by Crippen LogP contribution is 2.28. The predicted molar refractivity (Wildman–Crippen MR) is 89.6 cm³/mol. The Morgan fingerprint density at radius 2 is 2.30 bits per heavy atom. The van der Waals surface area contributed by atoms with Crippen LogP contribution in [0.4, 0.5) is 5.69 Å². The second-order valence-electron chi connectivity index (χ2n) is 5.46. The number of nitrogens with one attached hydrogen (secondary N) is 1. The Morgan fingerprint density at radius 1 is 1.43 bits per heavy atom. The second kappa shape index (κ2) is 6.83. The van der Waals surface area contributed by atoms with E-state index in [0.29, 0.717) is 18.8 Å². The standard InChI is InChI=1S/C17H18N2O3S/c1-22-15-4-2-3-14(8-15)19-10-13(7-16(19)20)17(21)18-9-12-5-6-23-11-12/h2-6,8,11,13H,7,9-10H2,1H3,(H,18,21). The monoisotopic (exact) mass is 330 g/mol. The zero-order valence-electron chi connectivity index (χ0n) is 12.8. The molecule has 2 aromatic rings. The van der Waals surface area contributed by atoms with Gasteiger partial charge in [-0.2, -0.15) is 11.3 Å². The van der Waals surface area contributed by atoms with Crippen molar-refractivity contribution in [3.63, 3.8) is 0 Å². The van der Waals surface area contributed by atoms with Gasteiger partial charge in [0.05, 0.1) is 13.0 Å². The van der Waals surface area contributed by atoms with Crippen molar-refractivity contribution in [2.45, 2.75) is 13.0 Å². The van der Waals surface area contributed by atoms with E-state index in [9.17, 15) is 9.59 Å². The largest absolute Gasteiger partial charge is 0.497 e. The van der Waals surface area contributed by atoms with E-state index >= 15 is 0 Å². The number of hydrogen-bond acceptors (Lipinski definition) is 4. The fraction of sp³-hybridized carbons (Fsp3) is 0.294. The van der Waals surface area contributed by atoms with Gasteiger partial charge in [-0.25, -0.2) is 0 Å². The molecule has 1 fully saturated rings. The van der Waals surface area contributed by atoms with E-state index in [1.807, 2.05) is 41.1 Å². The van der Waals surface area contributed by atoms with Crippen LogP contribution in [0, 0.1) is 5.92 Å². The number of rotatable bonds is 5. The number of hydrogen-bond donors (Lipinski definition) is 1. The molecule has 1 aliphatic rings. The molecule has 1 unspecified atom stereocenters. The third-order valence-electron chi connectivity index (χ3n) is 3.91. The molecular formula is C17H18N2O3S. The summed E-state index contributed by atoms with van der Waals surface area (Å²) in [4.78, 5) is 26.2. The van der Waals surface area contributed by atoms with Crippen LogP contribution in [0.5, 0.6) is 5.75 Å². The zero-order chi connectivity index (χ0) is 16.2. The Morgan fingerprint density at radius 3 is 3.04 bits per heavy atom. The molecule has 1 aliphatic heterocycles. The zero-order valence-corrected chi connectivity index (χ0v) is 13.6. The molecule has 1 N–H and O–H groups in total. The second-order valence-corrected chi connectivity index (χ2v) is 6.24. The van der Waals surface area contributed by atoms with Crippen molar-refractivity contribution in [1.82, 2.24) is 5.32 Å². The molecule has 0 aliphatic carbocycles. The number of carbonyl (C=O) groups is 2. The Balaban J connectivity index is 1.63. The Bertz CT molecular complexity index is 700. The van der Waals surface area contributed by atoms with Crippen LogP contribution in [0.2, 0.25) is 0 Å². The molecule has 1 atom stereocenters. The van der Waals surface area contributed by atoms with Gasteiger partial charge in [-0.1, -0.05) is 6.07 Å². The van der Waals surface area contributed by atoms with Crippen molar-refractivity contribution in [2.24, 2.45) is 5.92 Å². The van der Waals surface area contributed by atoms with Crippen molar-refractivity contribution in [3.8, 4) is 5.75 Å². The van der Waals surface area contributed by atoms with Gasteiger partial charge in [0.25, 0.3) is 0 Å². The van der Waals surface area contributed by atoms with Crippen LogP contribution < -0.4 is 15.0 Å². The van der Waals surface area contributed by atoms with Crippen LogP contribution in [0.1, 0.15) is 12.0 Å². The van der Waals surface area contributed by atoms with Crippen molar-refractivity contribution in [1.29, 1.82) is 0 Å². The highest BCUT2D eigenvalue weighted by atomic mass is 32.1. The van der Waals surface area contributed by atoms with Gasteiger partial charge in [0.15, 0.2) is 0 Å². The van der Waals surface area contributed by atoms with Gasteiger partial charge in [0.1, 0.15) is 5.75 Å². The third kappa shape index (κ3) is 3.53. The maximum atomic E-state index is 12.3. The number of benzene rings is 1. The lowest BCUT2D eigenvalue weighted by Crippen LogP contribution is -2.32. The fourth-order valence-corrected chi connectivity index (χ4v) is 3.31. The first kappa shape index (κ1) is 15.6. The van der Waals surface area contributed by atoms with E-state index < -0.39 is 0 Å². The molecule has 120 valence electrons. The van der Waals surface area contributed by atoms with Gasteiger partial charge in [-0.3, -0.25) is 9.59 Å². The lowest BCUT2D eigenvalue weighted by atomic mass is 10.1. The van der Waals surface area contributed by atoms with E-state index in [4.69, 9.17) is 4.74 Å². The topological polar surface area (TPSA) is 58.6 Å². The van der Waals surface area contributed by atoms with Crippen LogP contribution in [-0.2, 0) is 16.1 Å². The van der Waals surface area contributed by atoms with Crippen molar-refractivity contribution < 1.29 is 14.3 Å². The molecule has 6 heteroatoms. The minimum absolute atomic E-state index is 0.0334. The summed E-state index contributed by atoms with van der Waals surface area (Å²) in [5.41, 5.74) is 1.85. The number of anilines is 1. The van der Waals surface area contributed by atoms with E-state index in [0.717, 1.165) is 11.3 Å². The van der Waals surface area contributed by atoms with E-state index in [2.05, 4.69) is 5.32 Å². The molecule has 0 bridgehead atoms. The third-order valence-corrected chi connectivity index (χ3v) is 4.64. The van der Waals surface area contributed by atoms with Crippen molar-refractivity contribution in [2.75, 3.05) is 18.6 Å². The minimum Gasteiger partial charge on any atom is -0.497 e. The average molecular weight is 330 g/mol. The van der Waals surface area contributed by atoms with E-state index in [-0.39, 0.29) is 24.2 Å². The number of ether oxygens (including phenoxy) is 1. The molecule has 0 spiro atoms. The summed E-state index contributed by atoms with van der Waals surface area (Å²) in [5, 5.41) is 6.89. The Hall–Kier alpha value is -2.34. The number of carbonyl (C=O) groups excluding carboxylic acids is 2. The van der Waals surface area contributed by atoms with Gasteiger partial charge >= 0.3 is 0 Å². The Labute approximate surface area is 138 Å². The number of thiophene rings is 1. The summed E-state index contributed by atoms with van der Waals surface area (Å²) in [6.45, 7) is 0.910. The first-order chi connectivity index (χ1) is 11.2. The van der Waals surface area contributed by atoms with E-state index in [1.165, 1.54) is 0 Å². The molecule has 1 saturated heterocycles. The molecule has 2 amide bonds. The van der Waals surface area contributed by atoms with E-state index in [1.54, 1.807) is 23.3 Å². The quantitative estimate of drug-likeness (QED) is 0.916. The molecular weight excluding hydrogens is 312 g/mol. The summed E-state index contributed by atoms with van der Waals surface area (Å²) in [6, 6.07) is 9.31. The molecule has 0 saturated carbocycles. The normalized spacial score (nSPS) is 17.3. The highest BCUT2D eigenvalue weighted by molar-refractivity contribution is 7.07. The summed E-state index contributed by atoms with van der Waals surface area (Å²) in [7, 11) is 1.59. The molecule has 2 heterocycles. The minimum atomic E-state index is -0.313. The summed E-state index contributed by atoms with van der Waals surface area (Å²) >= 11 is 1.60. The summed E-state index contributed by atoms with van der Waals surface area (Å²) in [6.07, 6.45) is 0.243. The first-order valence-electron chi connectivity index (χ1n) is 7.40. The summed E-state index contributed by atoms with van der Waals surface area (Å²) in [5.74, 6) is 0.275. The van der Waals surface area contributed by atoms with Crippen LogP contribution in [0.25, 0.3) is 0 Å². The van der Waals surface area contributed by atoms with Gasteiger partial charge < -0.3 is 15.0 Å². The smallest absolute Gasteiger partial charge is 0.227 e. The van der Waals surface area contributed by atoms with Crippen molar-refractivity contribution in [3.05, 3.63) is 46.7 Å². The fourth-order valence-electron chi connectivity index (χ4n) is 2.64. The number of nitrogens with zero attached hydrogens (tertiary/aromatic N) is 1. The summed E-state index contributed by atoms with van der Waals surface area (Å²) < 4.78 is 5.19. The molecule has 5 nitrogen and oxygen atoms in total. The lowest BCUT2D eigenvalue weighted by molar-refractivity contribution is -0.126. The lowest BCUT2D eigenvalue weighted by Gasteiger charge is -2.17.